The Morgan fingerprint density at radius 3 is 3.07 bits per heavy atom. The zero-order chi connectivity index (χ0) is 10.8. The Morgan fingerprint density at radius 2 is 2.40 bits per heavy atom. The first-order valence-corrected chi connectivity index (χ1v) is 6.75. The highest BCUT2D eigenvalue weighted by Crippen LogP contribution is 2.41. The van der Waals surface area contributed by atoms with Gasteiger partial charge in [0, 0.05) is 11.9 Å². The molecular weight excluding hydrogens is 226 g/mol. The Morgan fingerprint density at radius 1 is 1.60 bits per heavy atom. The summed E-state index contributed by atoms with van der Waals surface area (Å²) in [6, 6.07) is 6.15. The quantitative estimate of drug-likeness (QED) is 0.461. The average molecular weight is 239 g/mol. The van der Waals surface area contributed by atoms with Crippen LogP contribution in [0.2, 0.25) is 0 Å². The molecule has 1 aliphatic rings. The van der Waals surface area contributed by atoms with Gasteiger partial charge in [0.1, 0.15) is 0 Å². The number of fused-ring (bicyclic) bond motifs is 1. The molecule has 1 unspecified atom stereocenters. The maximum atomic E-state index is 12.0. The molecular formula is C11H13NOS2. The summed E-state index contributed by atoms with van der Waals surface area (Å²) in [5.74, 6) is 0. The Hall–Kier alpha value is -0.420. The van der Waals surface area contributed by atoms with Gasteiger partial charge >= 0.3 is 0 Å². The Balaban J connectivity index is 2.28. The maximum Gasteiger partial charge on any atom is 0.190 e. The molecule has 0 amide bonds. The molecule has 0 radical (unpaired) electrons. The molecule has 80 valence electrons. The van der Waals surface area contributed by atoms with Crippen LogP contribution in [-0.4, -0.2) is 14.8 Å². The van der Waals surface area contributed by atoms with Gasteiger partial charge in [-0.3, -0.25) is 0 Å². The van der Waals surface area contributed by atoms with Gasteiger partial charge in [-0.1, -0.05) is 22.8 Å². The van der Waals surface area contributed by atoms with Crippen LogP contribution in [0.1, 0.15) is 12.5 Å². The molecule has 0 saturated heterocycles. The Bertz CT molecular complexity index is 381. The number of rotatable bonds is 3. The van der Waals surface area contributed by atoms with Crippen LogP contribution < -0.4 is 0 Å². The summed E-state index contributed by atoms with van der Waals surface area (Å²) in [5.41, 5.74) is 1.29. The lowest BCUT2D eigenvalue weighted by Crippen LogP contribution is -2.19. The molecule has 1 aromatic carbocycles. The topological polar surface area (TPSA) is 26.3 Å². The highest BCUT2D eigenvalue weighted by atomic mass is 32.3. The van der Waals surface area contributed by atoms with Crippen LogP contribution in [0.25, 0.3) is 0 Å². The van der Waals surface area contributed by atoms with Crippen LogP contribution in [0.4, 0.5) is 0 Å². The average Bonchev–Trinajstić information content (AvgIpc) is 2.56. The second kappa shape index (κ2) is 4.61. The Kier molecular flexibility index (Phi) is 3.41. The number of hydrogen-bond acceptors (Lipinski definition) is 3. The van der Waals surface area contributed by atoms with Crippen molar-refractivity contribution in [1.29, 1.82) is 0 Å². The molecule has 1 atom stereocenters. The van der Waals surface area contributed by atoms with E-state index in [1.807, 2.05) is 9.78 Å². The van der Waals surface area contributed by atoms with Crippen molar-refractivity contribution >= 4 is 23.3 Å². The van der Waals surface area contributed by atoms with Gasteiger partial charge in [-0.25, -0.2) is 0 Å². The number of nitrogens with zero attached hydrogens (tertiary/aromatic N) is 1. The van der Waals surface area contributed by atoms with Gasteiger partial charge in [-0.2, -0.15) is 0 Å². The number of aryl methyl sites for hydroxylation is 1. The molecule has 0 aliphatic carbocycles. The second-order valence-corrected chi connectivity index (χ2v) is 5.95. The lowest BCUT2D eigenvalue weighted by molar-refractivity contribution is 0.558. The molecule has 15 heavy (non-hydrogen) atoms. The van der Waals surface area contributed by atoms with E-state index in [0.29, 0.717) is 6.54 Å². The third kappa shape index (κ3) is 2.08. The molecule has 1 heterocycles. The molecule has 0 bridgehead atoms. The van der Waals surface area contributed by atoms with E-state index in [1.165, 1.54) is 5.56 Å². The van der Waals surface area contributed by atoms with Crippen LogP contribution >= 0.6 is 11.9 Å². The molecule has 0 saturated carbocycles. The van der Waals surface area contributed by atoms with Gasteiger partial charge in [0.2, 0.25) is 0 Å². The normalized spacial score (nSPS) is 20.3. The highest BCUT2D eigenvalue weighted by molar-refractivity contribution is 8.11. The third-order valence-corrected chi connectivity index (χ3v) is 5.17. The van der Waals surface area contributed by atoms with E-state index in [0.717, 1.165) is 16.2 Å². The van der Waals surface area contributed by atoms with Crippen molar-refractivity contribution in [2.45, 2.75) is 23.1 Å². The standard InChI is InChI=1S/C11H13NOS2/c1-3-7-12-14-10-8-9(4-2)5-6-11(10)15(12)13/h3,5-6,8H,1,4,7H2,2H3. The monoisotopic (exact) mass is 239 g/mol. The van der Waals surface area contributed by atoms with Gasteiger partial charge in [0.25, 0.3) is 0 Å². The summed E-state index contributed by atoms with van der Waals surface area (Å²) in [7, 11) is 0. The molecule has 2 rings (SSSR count). The highest BCUT2D eigenvalue weighted by Gasteiger charge is 2.34. The summed E-state index contributed by atoms with van der Waals surface area (Å²) in [6.45, 7) is 6.44. The molecule has 0 fully saturated rings. The zero-order valence-electron chi connectivity index (χ0n) is 8.60. The third-order valence-electron chi connectivity index (χ3n) is 2.27. The summed E-state index contributed by atoms with van der Waals surface area (Å²) in [5, 5.41) is 0. The van der Waals surface area contributed by atoms with E-state index in [-0.39, 0.29) is 0 Å². The fraction of sp³-hybridized carbons (Fsp3) is 0.273. The summed E-state index contributed by atoms with van der Waals surface area (Å²) in [6.07, 6.45) is 2.79. The van der Waals surface area contributed by atoms with Crippen molar-refractivity contribution < 1.29 is 4.55 Å². The molecule has 4 heteroatoms. The van der Waals surface area contributed by atoms with Crippen LogP contribution in [-0.2, 0) is 17.8 Å². The van der Waals surface area contributed by atoms with Crippen molar-refractivity contribution in [2.75, 3.05) is 6.54 Å². The molecule has 1 aromatic rings. The van der Waals surface area contributed by atoms with Crippen LogP contribution in [0.5, 0.6) is 0 Å². The van der Waals surface area contributed by atoms with E-state index in [2.05, 4.69) is 25.6 Å². The second-order valence-electron chi connectivity index (χ2n) is 3.28. The van der Waals surface area contributed by atoms with Crippen molar-refractivity contribution in [2.24, 2.45) is 0 Å². The fourth-order valence-corrected chi connectivity index (χ4v) is 4.17. The maximum absolute atomic E-state index is 12.0. The van der Waals surface area contributed by atoms with Crippen molar-refractivity contribution in [3.63, 3.8) is 0 Å². The number of benzene rings is 1. The van der Waals surface area contributed by atoms with Crippen molar-refractivity contribution in [3.8, 4) is 0 Å². The smallest absolute Gasteiger partial charge is 0.190 e. The Labute approximate surface area is 97.8 Å². The van der Waals surface area contributed by atoms with Crippen molar-refractivity contribution in [3.05, 3.63) is 36.4 Å². The molecule has 2 nitrogen and oxygen atoms in total. The molecule has 0 aromatic heterocycles. The minimum atomic E-state index is -1.02. The minimum absolute atomic E-state index is 0.646. The largest absolute Gasteiger partial charge is 0.592 e. The van der Waals surface area contributed by atoms with Gasteiger partial charge in [0.05, 0.1) is 22.8 Å². The van der Waals surface area contributed by atoms with E-state index in [9.17, 15) is 4.55 Å². The van der Waals surface area contributed by atoms with Gasteiger partial charge in [-0.15, -0.1) is 6.58 Å². The molecule has 1 aliphatic heterocycles. The number of hydrogen-bond donors (Lipinski definition) is 0. The van der Waals surface area contributed by atoms with E-state index in [1.54, 1.807) is 18.0 Å². The van der Waals surface area contributed by atoms with E-state index in [4.69, 9.17) is 0 Å². The predicted octanol–water partition coefficient (Wildman–Crippen LogP) is 2.78. The molecule has 0 N–H and O–H groups in total. The van der Waals surface area contributed by atoms with E-state index < -0.39 is 11.4 Å². The van der Waals surface area contributed by atoms with Crippen molar-refractivity contribution in [1.82, 2.24) is 3.71 Å². The minimum Gasteiger partial charge on any atom is -0.592 e. The van der Waals surface area contributed by atoms with E-state index >= 15 is 0 Å². The summed E-state index contributed by atoms with van der Waals surface area (Å²) in [4.78, 5) is 2.05. The first-order chi connectivity index (χ1) is 7.26. The first kappa shape index (κ1) is 11.1. The summed E-state index contributed by atoms with van der Waals surface area (Å²) >= 11 is 0.540. The fourth-order valence-electron chi connectivity index (χ4n) is 1.45. The van der Waals surface area contributed by atoms with Gasteiger partial charge in [0.15, 0.2) is 4.90 Å². The van der Waals surface area contributed by atoms with Crippen LogP contribution in [0, 0.1) is 0 Å². The van der Waals surface area contributed by atoms with Crippen LogP contribution in [0.3, 0.4) is 0 Å². The zero-order valence-corrected chi connectivity index (χ0v) is 10.2. The predicted molar refractivity (Wildman–Crippen MR) is 65.0 cm³/mol. The molecule has 0 spiro atoms. The van der Waals surface area contributed by atoms with Gasteiger partial charge < -0.3 is 4.55 Å². The van der Waals surface area contributed by atoms with Gasteiger partial charge in [-0.05, 0) is 24.1 Å². The SMILES string of the molecule is C=CCN1Sc2cc(CC)ccc2[S+]1[O-]. The first-order valence-electron chi connectivity index (χ1n) is 4.87. The lowest BCUT2D eigenvalue weighted by Gasteiger charge is -2.11. The lowest BCUT2D eigenvalue weighted by atomic mass is 10.2. The summed E-state index contributed by atoms with van der Waals surface area (Å²) < 4.78 is 13.8. The van der Waals surface area contributed by atoms with Crippen LogP contribution in [0.15, 0.2) is 40.6 Å².